The Kier molecular flexibility index (Phi) is 4.04. The second-order valence-electron chi connectivity index (χ2n) is 7.39. The van der Waals surface area contributed by atoms with Crippen LogP contribution in [0.4, 0.5) is 5.82 Å². The van der Waals surface area contributed by atoms with Gasteiger partial charge in [-0.1, -0.05) is 24.3 Å². The van der Waals surface area contributed by atoms with Crippen molar-refractivity contribution in [3.05, 3.63) is 71.0 Å². The second kappa shape index (κ2) is 6.69. The van der Waals surface area contributed by atoms with Crippen LogP contribution in [0.25, 0.3) is 11.3 Å². The summed E-state index contributed by atoms with van der Waals surface area (Å²) in [7, 11) is 0. The van der Waals surface area contributed by atoms with Gasteiger partial charge in [-0.15, -0.1) is 0 Å². The van der Waals surface area contributed by atoms with E-state index in [0.29, 0.717) is 6.04 Å². The van der Waals surface area contributed by atoms with E-state index in [1.54, 1.807) is 0 Å². The van der Waals surface area contributed by atoms with Crippen LogP contribution >= 0.6 is 0 Å². The van der Waals surface area contributed by atoms with Gasteiger partial charge in [-0.2, -0.15) is 0 Å². The molecule has 1 aliphatic heterocycles. The van der Waals surface area contributed by atoms with E-state index in [0.717, 1.165) is 48.1 Å². The zero-order valence-corrected chi connectivity index (χ0v) is 15.5. The van der Waals surface area contributed by atoms with Crippen LogP contribution in [-0.2, 0) is 12.8 Å². The average Bonchev–Trinajstić information content (AvgIpc) is 3.16. The summed E-state index contributed by atoms with van der Waals surface area (Å²) in [6, 6.07) is 17.5. The van der Waals surface area contributed by atoms with Crippen molar-refractivity contribution in [3.63, 3.8) is 0 Å². The summed E-state index contributed by atoms with van der Waals surface area (Å²) in [6.07, 6.45) is 4.47. The molecule has 136 valence electrons. The van der Waals surface area contributed by atoms with Gasteiger partial charge in [0.1, 0.15) is 17.4 Å². The monoisotopic (exact) mass is 357 g/mol. The van der Waals surface area contributed by atoms with Gasteiger partial charge in [0.25, 0.3) is 0 Å². The fraction of sp³-hybridized carbons (Fsp3) is 0.304. The van der Waals surface area contributed by atoms with E-state index in [2.05, 4.69) is 63.8 Å². The van der Waals surface area contributed by atoms with Gasteiger partial charge in [-0.25, -0.2) is 9.97 Å². The molecule has 2 aliphatic rings. The molecule has 2 heterocycles. The predicted octanol–water partition coefficient (Wildman–Crippen LogP) is 4.88. The Morgan fingerprint density at radius 2 is 1.93 bits per heavy atom. The van der Waals surface area contributed by atoms with Crippen LogP contribution in [0.1, 0.15) is 41.4 Å². The highest BCUT2D eigenvalue weighted by Crippen LogP contribution is 2.34. The maximum absolute atomic E-state index is 5.63. The molecular formula is C23H23N3O. The largest absolute Gasteiger partial charge is 0.493 e. The van der Waals surface area contributed by atoms with Crippen LogP contribution in [0.5, 0.6) is 5.75 Å². The van der Waals surface area contributed by atoms with Crippen LogP contribution in [-0.4, -0.2) is 16.6 Å². The lowest BCUT2D eigenvalue weighted by Crippen LogP contribution is -2.18. The molecule has 0 radical (unpaired) electrons. The van der Waals surface area contributed by atoms with Gasteiger partial charge in [0, 0.05) is 18.1 Å². The van der Waals surface area contributed by atoms with Crippen molar-refractivity contribution < 1.29 is 4.74 Å². The van der Waals surface area contributed by atoms with Gasteiger partial charge < -0.3 is 10.1 Å². The first-order chi connectivity index (χ1) is 13.3. The Bertz CT molecular complexity index is 999. The summed E-state index contributed by atoms with van der Waals surface area (Å²) >= 11 is 0. The third-order valence-corrected chi connectivity index (χ3v) is 5.51. The summed E-state index contributed by atoms with van der Waals surface area (Å²) < 4.78 is 5.63. The van der Waals surface area contributed by atoms with E-state index in [-0.39, 0.29) is 0 Å². The molecule has 0 spiro atoms. The van der Waals surface area contributed by atoms with E-state index in [4.69, 9.17) is 4.74 Å². The number of aryl methyl sites for hydroxylation is 2. The Morgan fingerprint density at radius 1 is 1.00 bits per heavy atom. The summed E-state index contributed by atoms with van der Waals surface area (Å²) in [5.74, 6) is 2.69. The third-order valence-electron chi connectivity index (χ3n) is 5.51. The van der Waals surface area contributed by atoms with Crippen molar-refractivity contribution >= 4 is 5.82 Å². The first-order valence-electron chi connectivity index (χ1n) is 9.72. The van der Waals surface area contributed by atoms with Crippen LogP contribution < -0.4 is 10.1 Å². The van der Waals surface area contributed by atoms with Gasteiger partial charge >= 0.3 is 0 Å². The molecule has 2 aromatic carbocycles. The van der Waals surface area contributed by atoms with E-state index in [9.17, 15) is 0 Å². The lowest BCUT2D eigenvalue weighted by Gasteiger charge is -2.27. The van der Waals surface area contributed by atoms with E-state index in [1.165, 1.54) is 29.5 Å². The van der Waals surface area contributed by atoms with E-state index < -0.39 is 0 Å². The molecule has 1 unspecified atom stereocenters. The van der Waals surface area contributed by atoms with Crippen molar-refractivity contribution in [2.75, 3.05) is 11.9 Å². The maximum atomic E-state index is 5.63. The van der Waals surface area contributed by atoms with Gasteiger partial charge in [-0.3, -0.25) is 0 Å². The number of anilines is 1. The summed E-state index contributed by atoms with van der Waals surface area (Å²) in [5, 5.41) is 3.66. The number of rotatable bonds is 3. The molecule has 3 aromatic rings. The van der Waals surface area contributed by atoms with Gasteiger partial charge in [0.2, 0.25) is 0 Å². The second-order valence-corrected chi connectivity index (χ2v) is 7.39. The minimum atomic E-state index is 0.311. The molecule has 1 atom stereocenters. The van der Waals surface area contributed by atoms with Gasteiger partial charge in [0.15, 0.2) is 0 Å². The summed E-state index contributed by atoms with van der Waals surface area (Å²) in [5.41, 5.74) is 6.20. The minimum absolute atomic E-state index is 0.311. The lowest BCUT2D eigenvalue weighted by atomic mass is 9.88. The quantitative estimate of drug-likeness (QED) is 0.726. The molecule has 0 saturated carbocycles. The molecule has 0 bridgehead atoms. The van der Waals surface area contributed by atoms with Crippen LogP contribution in [0.3, 0.4) is 0 Å². The molecule has 0 fully saturated rings. The van der Waals surface area contributed by atoms with Gasteiger partial charge in [-0.05, 0) is 61.1 Å². The Labute approximate surface area is 159 Å². The topological polar surface area (TPSA) is 47.0 Å². The predicted molar refractivity (Wildman–Crippen MR) is 107 cm³/mol. The van der Waals surface area contributed by atoms with Crippen molar-refractivity contribution in [3.8, 4) is 17.0 Å². The molecule has 1 aromatic heterocycles. The molecule has 0 saturated heterocycles. The SMILES string of the molecule is Cc1nc(NC2CCCc3ccccc32)cc(-c2ccc3c(c2)CCO3)n1. The maximum Gasteiger partial charge on any atom is 0.130 e. The molecule has 1 N–H and O–H groups in total. The fourth-order valence-electron chi connectivity index (χ4n) is 4.22. The Hall–Kier alpha value is -2.88. The zero-order valence-electron chi connectivity index (χ0n) is 15.5. The number of ether oxygens (including phenoxy) is 1. The number of benzene rings is 2. The molecule has 5 rings (SSSR count). The minimum Gasteiger partial charge on any atom is -0.493 e. The Balaban J connectivity index is 1.46. The molecule has 0 amide bonds. The first-order valence-corrected chi connectivity index (χ1v) is 9.72. The number of hydrogen-bond donors (Lipinski definition) is 1. The number of nitrogens with zero attached hydrogens (tertiary/aromatic N) is 2. The average molecular weight is 357 g/mol. The number of nitrogens with one attached hydrogen (secondary N) is 1. The number of fused-ring (bicyclic) bond motifs is 2. The highest BCUT2D eigenvalue weighted by Gasteiger charge is 2.20. The highest BCUT2D eigenvalue weighted by molar-refractivity contribution is 5.65. The molecule has 4 nitrogen and oxygen atoms in total. The summed E-state index contributed by atoms with van der Waals surface area (Å²) in [6.45, 7) is 2.73. The zero-order chi connectivity index (χ0) is 18.2. The number of aromatic nitrogens is 2. The molecule has 27 heavy (non-hydrogen) atoms. The van der Waals surface area contributed by atoms with Crippen LogP contribution in [0.15, 0.2) is 48.5 Å². The lowest BCUT2D eigenvalue weighted by molar-refractivity contribution is 0.357. The van der Waals surface area contributed by atoms with Crippen molar-refractivity contribution in [2.45, 2.75) is 38.6 Å². The normalized spacial score (nSPS) is 17.7. The first kappa shape index (κ1) is 16.3. The van der Waals surface area contributed by atoms with Crippen molar-refractivity contribution in [1.82, 2.24) is 9.97 Å². The van der Waals surface area contributed by atoms with E-state index >= 15 is 0 Å². The highest BCUT2D eigenvalue weighted by atomic mass is 16.5. The Morgan fingerprint density at radius 3 is 2.89 bits per heavy atom. The molecule has 4 heteroatoms. The molecular weight excluding hydrogens is 334 g/mol. The van der Waals surface area contributed by atoms with E-state index in [1.807, 2.05) is 6.92 Å². The smallest absolute Gasteiger partial charge is 0.130 e. The molecule has 1 aliphatic carbocycles. The van der Waals surface area contributed by atoms with Crippen LogP contribution in [0, 0.1) is 6.92 Å². The van der Waals surface area contributed by atoms with Crippen LogP contribution in [0.2, 0.25) is 0 Å². The number of hydrogen-bond acceptors (Lipinski definition) is 4. The fourth-order valence-corrected chi connectivity index (χ4v) is 4.22. The standard InChI is InChI=1S/C23H23N3O/c1-15-24-21(17-9-10-22-18(13-17)11-12-27-22)14-23(25-15)26-20-8-4-6-16-5-2-3-7-19(16)20/h2-3,5,7,9-10,13-14,20H,4,6,8,11-12H2,1H3,(H,24,25,26). The van der Waals surface area contributed by atoms with Gasteiger partial charge in [0.05, 0.1) is 18.3 Å². The van der Waals surface area contributed by atoms with Crippen molar-refractivity contribution in [2.24, 2.45) is 0 Å². The van der Waals surface area contributed by atoms with Crippen molar-refractivity contribution in [1.29, 1.82) is 0 Å². The third kappa shape index (κ3) is 3.16. The summed E-state index contributed by atoms with van der Waals surface area (Å²) in [4.78, 5) is 9.33.